The quantitative estimate of drug-likeness (QED) is 0.112. The monoisotopic (exact) mass is 646 g/mol. The van der Waals surface area contributed by atoms with E-state index in [9.17, 15) is 0 Å². The van der Waals surface area contributed by atoms with E-state index in [0.29, 0.717) is 19.8 Å². The van der Waals surface area contributed by atoms with Crippen LogP contribution in [0.2, 0.25) is 0 Å². The molecular formula is C41H46O5Si. The van der Waals surface area contributed by atoms with Gasteiger partial charge in [-0.05, 0) is 64.9 Å². The van der Waals surface area contributed by atoms with Crippen molar-refractivity contribution in [3.05, 3.63) is 131 Å². The van der Waals surface area contributed by atoms with Crippen LogP contribution in [0.5, 0.6) is 17.2 Å². The topological polar surface area (TPSA) is 46.2 Å². The predicted molar refractivity (Wildman–Crippen MR) is 196 cm³/mol. The molecule has 5 aromatic rings. The number of rotatable bonds is 10. The second-order valence-corrected chi connectivity index (χ2v) is 13.1. The van der Waals surface area contributed by atoms with E-state index in [1.165, 1.54) is 27.6 Å². The van der Waals surface area contributed by atoms with Gasteiger partial charge < -0.3 is 23.1 Å². The summed E-state index contributed by atoms with van der Waals surface area (Å²) >= 11 is 0. The molecule has 0 bridgehead atoms. The third kappa shape index (κ3) is 5.75. The summed E-state index contributed by atoms with van der Waals surface area (Å²) in [4.78, 5) is 0. The summed E-state index contributed by atoms with van der Waals surface area (Å²) in [5.74, 6) is 2.49. The Morgan fingerprint density at radius 2 is 1.36 bits per heavy atom. The van der Waals surface area contributed by atoms with Crippen LogP contribution >= 0.6 is 0 Å². The summed E-state index contributed by atoms with van der Waals surface area (Å²) in [5, 5.41) is 2.32. The molecule has 244 valence electrons. The zero-order chi connectivity index (χ0) is 31.0. The van der Waals surface area contributed by atoms with Crippen molar-refractivity contribution < 1.29 is 23.1 Å². The normalized spacial score (nSPS) is 16.9. The molecule has 0 amide bonds. The number of ether oxygens (including phenoxy) is 3. The molecule has 0 N–H and O–H groups in total. The minimum Gasteiger partial charge on any atom is -0.497 e. The van der Waals surface area contributed by atoms with Gasteiger partial charge in [0, 0.05) is 34.1 Å². The number of methoxy groups -OCH3 is 1. The standard InChI is InChI=1S/C39H38O5Si.2CH4/c1-5-42-45-43-25-24-41-29-20-16-27(17-21-29)39(26-14-18-28(40-4)19-15-26)23-22-33-36-35(30-10-6-7-11-31(30)37(33)44-39)32-12-8-9-13-34(32)38(36,2)3;;/h6-23H,5,24-25,45H2,1-4H3;2*1H4. The van der Waals surface area contributed by atoms with Crippen LogP contribution in [0, 0.1) is 0 Å². The fourth-order valence-electron chi connectivity index (χ4n) is 6.94. The van der Waals surface area contributed by atoms with Crippen molar-refractivity contribution in [1.29, 1.82) is 0 Å². The average Bonchev–Trinajstić information content (AvgIpc) is 3.33. The molecule has 6 heteroatoms. The summed E-state index contributed by atoms with van der Waals surface area (Å²) in [6.07, 6.45) is 4.50. The van der Waals surface area contributed by atoms with Crippen LogP contribution in [0.4, 0.5) is 0 Å². The largest absolute Gasteiger partial charge is 0.497 e. The maximum atomic E-state index is 7.37. The van der Waals surface area contributed by atoms with Crippen molar-refractivity contribution in [1.82, 2.24) is 0 Å². The third-order valence-electron chi connectivity index (χ3n) is 9.12. The second-order valence-electron chi connectivity index (χ2n) is 12.0. The van der Waals surface area contributed by atoms with E-state index in [1.807, 2.05) is 31.2 Å². The molecular weight excluding hydrogens is 601 g/mol. The molecule has 0 aromatic heterocycles. The smallest absolute Gasteiger partial charge is 0.304 e. The maximum Gasteiger partial charge on any atom is 0.304 e. The highest BCUT2D eigenvalue weighted by atomic mass is 28.3. The molecule has 0 fully saturated rings. The first-order chi connectivity index (χ1) is 22.0. The Kier molecular flexibility index (Phi) is 9.96. The fraction of sp³-hybridized carbons (Fsp3) is 0.268. The van der Waals surface area contributed by atoms with Crippen LogP contribution in [0.15, 0.2) is 103 Å². The van der Waals surface area contributed by atoms with Crippen molar-refractivity contribution in [2.45, 2.75) is 46.6 Å². The first kappa shape index (κ1) is 34.0. The van der Waals surface area contributed by atoms with E-state index in [1.54, 1.807) is 7.11 Å². The molecule has 0 saturated heterocycles. The SMILES string of the molecule is C.C.CCO[SiH2]OCCOc1ccc(C2(c3ccc(OC)cc3)C=Cc3c4c(c5ccccc5c3O2)-c2ccccc2C4(C)C)cc1. The molecule has 1 unspecified atom stereocenters. The Labute approximate surface area is 282 Å². The summed E-state index contributed by atoms with van der Waals surface area (Å²) in [6.45, 7) is 8.32. The van der Waals surface area contributed by atoms with Crippen LogP contribution in [0.3, 0.4) is 0 Å². The number of hydrogen-bond donors (Lipinski definition) is 0. The van der Waals surface area contributed by atoms with Gasteiger partial charge in [-0.15, -0.1) is 0 Å². The number of benzene rings is 5. The first-order valence-corrected chi connectivity index (χ1v) is 16.7. The van der Waals surface area contributed by atoms with Crippen LogP contribution < -0.4 is 14.2 Å². The minimum absolute atomic E-state index is 0. The minimum atomic E-state index is -0.929. The van der Waals surface area contributed by atoms with Gasteiger partial charge in [-0.25, -0.2) is 0 Å². The van der Waals surface area contributed by atoms with Gasteiger partial charge in [-0.1, -0.05) is 108 Å². The summed E-state index contributed by atoms with van der Waals surface area (Å²) in [5.41, 5.74) is 7.40. The highest BCUT2D eigenvalue weighted by Crippen LogP contribution is 2.58. The Morgan fingerprint density at radius 1 is 0.723 bits per heavy atom. The third-order valence-corrected chi connectivity index (χ3v) is 10.1. The maximum absolute atomic E-state index is 7.37. The lowest BCUT2D eigenvalue weighted by Gasteiger charge is -2.38. The predicted octanol–water partition coefficient (Wildman–Crippen LogP) is 9.21. The summed E-state index contributed by atoms with van der Waals surface area (Å²) < 4.78 is 29.8. The lowest BCUT2D eigenvalue weighted by Crippen LogP contribution is -2.35. The molecule has 47 heavy (non-hydrogen) atoms. The zero-order valence-corrected chi connectivity index (χ0v) is 27.7. The molecule has 2 aliphatic rings. The van der Waals surface area contributed by atoms with Crippen molar-refractivity contribution >= 4 is 26.9 Å². The van der Waals surface area contributed by atoms with Crippen LogP contribution in [-0.2, 0) is 19.9 Å². The van der Waals surface area contributed by atoms with Gasteiger partial charge in [0.1, 0.15) is 23.9 Å². The van der Waals surface area contributed by atoms with E-state index in [-0.39, 0.29) is 20.3 Å². The molecule has 1 aliphatic carbocycles. The Hall–Kier alpha value is -4.36. The molecule has 0 radical (unpaired) electrons. The van der Waals surface area contributed by atoms with Crippen LogP contribution in [-0.4, -0.2) is 36.9 Å². The van der Waals surface area contributed by atoms with Crippen molar-refractivity contribution in [2.75, 3.05) is 26.9 Å². The summed E-state index contributed by atoms with van der Waals surface area (Å²) in [7, 11) is 0.758. The van der Waals surface area contributed by atoms with Gasteiger partial charge in [-0.3, -0.25) is 0 Å². The summed E-state index contributed by atoms with van der Waals surface area (Å²) in [6, 6.07) is 33.8. The molecule has 0 spiro atoms. The fourth-order valence-corrected chi connectivity index (χ4v) is 7.46. The lowest BCUT2D eigenvalue weighted by molar-refractivity contribution is 0.162. The van der Waals surface area contributed by atoms with Gasteiger partial charge in [0.2, 0.25) is 0 Å². The highest BCUT2D eigenvalue weighted by Gasteiger charge is 2.44. The van der Waals surface area contributed by atoms with Gasteiger partial charge in [0.15, 0.2) is 5.60 Å². The van der Waals surface area contributed by atoms with E-state index < -0.39 is 15.6 Å². The van der Waals surface area contributed by atoms with Crippen molar-refractivity contribution in [3.63, 3.8) is 0 Å². The second kappa shape index (κ2) is 13.8. The van der Waals surface area contributed by atoms with Gasteiger partial charge in [-0.2, -0.15) is 0 Å². The highest BCUT2D eigenvalue weighted by molar-refractivity contribution is 6.17. The van der Waals surface area contributed by atoms with Crippen molar-refractivity contribution in [2.24, 2.45) is 0 Å². The van der Waals surface area contributed by atoms with E-state index in [0.717, 1.165) is 39.3 Å². The Balaban J connectivity index is 0.00000217. The molecule has 1 heterocycles. The van der Waals surface area contributed by atoms with Crippen LogP contribution in [0.25, 0.3) is 28.0 Å². The molecule has 5 aromatic carbocycles. The van der Waals surface area contributed by atoms with Crippen LogP contribution in [0.1, 0.15) is 63.4 Å². The first-order valence-electron chi connectivity index (χ1n) is 15.6. The van der Waals surface area contributed by atoms with Crippen molar-refractivity contribution in [3.8, 4) is 28.4 Å². The Morgan fingerprint density at radius 3 is 2.04 bits per heavy atom. The molecule has 0 saturated carbocycles. The van der Waals surface area contributed by atoms with E-state index in [4.69, 9.17) is 23.1 Å². The molecule has 7 rings (SSSR count). The van der Waals surface area contributed by atoms with E-state index >= 15 is 0 Å². The molecule has 1 atom stereocenters. The van der Waals surface area contributed by atoms with Gasteiger partial charge >= 0.3 is 10.0 Å². The number of hydrogen-bond acceptors (Lipinski definition) is 5. The molecule has 1 aliphatic heterocycles. The van der Waals surface area contributed by atoms with E-state index in [2.05, 4.69) is 98.8 Å². The number of fused-ring (bicyclic) bond motifs is 8. The average molecular weight is 647 g/mol. The lowest BCUT2D eigenvalue weighted by atomic mass is 9.77. The molecule has 5 nitrogen and oxygen atoms in total. The van der Waals surface area contributed by atoms with Gasteiger partial charge in [0.05, 0.1) is 13.7 Å². The zero-order valence-electron chi connectivity index (χ0n) is 26.3. The van der Waals surface area contributed by atoms with Gasteiger partial charge in [0.25, 0.3) is 0 Å². The Bertz CT molecular complexity index is 1880.